The molecule has 0 saturated carbocycles. The van der Waals surface area contributed by atoms with Crippen LogP contribution in [0.2, 0.25) is 0 Å². The Balaban J connectivity index is 2.86. The van der Waals surface area contributed by atoms with E-state index in [9.17, 15) is 8.60 Å². The van der Waals surface area contributed by atoms with Crippen LogP contribution in [0.3, 0.4) is 0 Å². The second-order valence-electron chi connectivity index (χ2n) is 5.07. The van der Waals surface area contributed by atoms with E-state index in [0.29, 0.717) is 5.56 Å². The van der Waals surface area contributed by atoms with Gasteiger partial charge in [-0.25, -0.2) is 13.3 Å². The third kappa shape index (κ3) is 3.62. The summed E-state index contributed by atoms with van der Waals surface area (Å²) in [5.74, 6) is -0.551. The van der Waals surface area contributed by atoms with E-state index in [1.54, 1.807) is 12.1 Å². The zero-order valence-electron chi connectivity index (χ0n) is 11.0. The first-order chi connectivity index (χ1) is 8.25. The highest BCUT2D eigenvalue weighted by molar-refractivity contribution is 7.84. The molecule has 18 heavy (non-hydrogen) atoms. The fraction of sp³-hybridized carbons (Fsp3) is 0.462. The van der Waals surface area contributed by atoms with Crippen LogP contribution in [0.5, 0.6) is 0 Å². The van der Waals surface area contributed by atoms with Crippen molar-refractivity contribution in [1.29, 1.82) is 5.26 Å². The Kier molecular flexibility index (Phi) is 4.60. The van der Waals surface area contributed by atoms with Crippen LogP contribution in [0, 0.1) is 17.1 Å². The van der Waals surface area contributed by atoms with Gasteiger partial charge in [0.25, 0.3) is 0 Å². The molecule has 5 heteroatoms. The van der Waals surface area contributed by atoms with Gasteiger partial charge < -0.3 is 0 Å². The van der Waals surface area contributed by atoms with E-state index in [2.05, 4.69) is 4.72 Å². The molecule has 0 aliphatic heterocycles. The number of nitrogens with one attached hydrogen (secondary N) is 1. The van der Waals surface area contributed by atoms with Crippen LogP contribution >= 0.6 is 0 Å². The number of hydrogen-bond acceptors (Lipinski definition) is 2. The van der Waals surface area contributed by atoms with Crippen LogP contribution in [0.25, 0.3) is 0 Å². The van der Waals surface area contributed by atoms with Crippen LogP contribution in [0.4, 0.5) is 4.39 Å². The van der Waals surface area contributed by atoms with Gasteiger partial charge in [0.15, 0.2) is 0 Å². The Bertz CT molecular complexity index is 503. The van der Waals surface area contributed by atoms with Gasteiger partial charge in [0.1, 0.15) is 11.9 Å². The van der Waals surface area contributed by atoms with Crippen molar-refractivity contribution in [2.45, 2.75) is 38.5 Å². The van der Waals surface area contributed by atoms with E-state index < -0.39 is 16.8 Å². The number of benzene rings is 1. The fourth-order valence-electron chi connectivity index (χ4n) is 1.30. The Labute approximate surface area is 110 Å². The molecule has 2 atom stereocenters. The van der Waals surface area contributed by atoms with E-state index in [0.717, 1.165) is 0 Å². The summed E-state index contributed by atoms with van der Waals surface area (Å²) in [6.45, 7) is 7.40. The molecule has 0 radical (unpaired) electrons. The molecular formula is C13H17FN2OS. The minimum Gasteiger partial charge on any atom is -0.242 e. The van der Waals surface area contributed by atoms with Crippen molar-refractivity contribution in [2.24, 2.45) is 0 Å². The molecule has 1 aromatic carbocycles. The summed E-state index contributed by atoms with van der Waals surface area (Å²) in [5, 5.41) is 8.65. The smallest absolute Gasteiger partial charge is 0.141 e. The number of nitriles is 1. The molecule has 1 unspecified atom stereocenters. The second-order valence-corrected chi connectivity index (χ2v) is 7.07. The summed E-state index contributed by atoms with van der Waals surface area (Å²) in [7, 11) is -1.22. The Morgan fingerprint density at radius 3 is 2.50 bits per heavy atom. The predicted octanol–water partition coefficient (Wildman–Crippen LogP) is 2.81. The maximum Gasteiger partial charge on any atom is 0.141 e. The van der Waals surface area contributed by atoms with Crippen molar-refractivity contribution >= 4 is 11.0 Å². The molecule has 0 aliphatic carbocycles. The van der Waals surface area contributed by atoms with Crippen molar-refractivity contribution in [3.8, 4) is 6.07 Å². The molecule has 98 valence electrons. The van der Waals surface area contributed by atoms with Crippen molar-refractivity contribution in [3.05, 3.63) is 35.1 Å². The average Bonchev–Trinajstić information content (AvgIpc) is 2.27. The first-order valence-corrected chi connectivity index (χ1v) is 6.78. The van der Waals surface area contributed by atoms with Crippen molar-refractivity contribution in [3.63, 3.8) is 0 Å². The second kappa shape index (κ2) is 5.59. The number of hydrogen-bond donors (Lipinski definition) is 1. The first-order valence-electron chi connectivity index (χ1n) is 5.63. The first kappa shape index (κ1) is 14.8. The Hall–Kier alpha value is -1.25. The molecule has 0 fully saturated rings. The van der Waals surface area contributed by atoms with E-state index in [1.165, 1.54) is 12.1 Å². The monoisotopic (exact) mass is 268 g/mol. The number of rotatable bonds is 3. The third-order valence-electron chi connectivity index (χ3n) is 2.45. The highest BCUT2D eigenvalue weighted by Gasteiger charge is 2.21. The largest absolute Gasteiger partial charge is 0.242 e. The lowest BCUT2D eigenvalue weighted by molar-refractivity contribution is 0.603. The molecule has 1 N–H and O–H groups in total. The van der Waals surface area contributed by atoms with Gasteiger partial charge in [0.05, 0.1) is 21.3 Å². The van der Waals surface area contributed by atoms with Crippen molar-refractivity contribution < 1.29 is 8.60 Å². The summed E-state index contributed by atoms with van der Waals surface area (Å²) in [6, 6.07) is 5.93. The molecule has 0 saturated heterocycles. The fourth-order valence-corrected chi connectivity index (χ4v) is 2.11. The van der Waals surface area contributed by atoms with E-state index in [-0.39, 0.29) is 16.4 Å². The molecule has 1 aromatic rings. The highest BCUT2D eigenvalue weighted by Crippen LogP contribution is 2.19. The van der Waals surface area contributed by atoms with Gasteiger partial charge in [0, 0.05) is 6.04 Å². The highest BCUT2D eigenvalue weighted by atomic mass is 32.2. The lowest BCUT2D eigenvalue weighted by Crippen LogP contribution is -2.34. The molecule has 0 amide bonds. The van der Waals surface area contributed by atoms with Crippen LogP contribution in [-0.4, -0.2) is 8.96 Å². The molecular weight excluding hydrogens is 251 g/mol. The van der Waals surface area contributed by atoms with E-state index in [1.807, 2.05) is 27.7 Å². The minimum absolute atomic E-state index is 0.0166. The van der Waals surface area contributed by atoms with Gasteiger partial charge in [-0.2, -0.15) is 5.26 Å². The lowest BCUT2D eigenvalue weighted by atomic mass is 10.1. The maximum atomic E-state index is 13.5. The van der Waals surface area contributed by atoms with E-state index >= 15 is 0 Å². The van der Waals surface area contributed by atoms with Crippen LogP contribution in [0.1, 0.15) is 44.9 Å². The van der Waals surface area contributed by atoms with Crippen LogP contribution in [0.15, 0.2) is 18.2 Å². The summed E-state index contributed by atoms with van der Waals surface area (Å²) < 4.78 is 27.9. The van der Waals surface area contributed by atoms with Crippen molar-refractivity contribution in [1.82, 2.24) is 4.72 Å². The molecule has 1 rings (SSSR count). The molecule has 0 aromatic heterocycles. The normalized spacial score (nSPS) is 14.9. The van der Waals surface area contributed by atoms with Crippen LogP contribution < -0.4 is 4.72 Å². The van der Waals surface area contributed by atoms with Gasteiger partial charge in [-0.3, -0.25) is 0 Å². The number of nitrogens with zero attached hydrogens (tertiary/aromatic N) is 1. The third-order valence-corrected chi connectivity index (χ3v) is 4.13. The number of halogens is 1. The summed E-state index contributed by atoms with van der Waals surface area (Å²) in [4.78, 5) is 0. The predicted molar refractivity (Wildman–Crippen MR) is 70.6 cm³/mol. The zero-order valence-corrected chi connectivity index (χ0v) is 11.8. The molecule has 3 nitrogen and oxygen atoms in total. The Morgan fingerprint density at radius 1 is 1.44 bits per heavy atom. The van der Waals surface area contributed by atoms with Crippen molar-refractivity contribution in [2.75, 3.05) is 0 Å². The molecule has 0 aliphatic rings. The summed E-state index contributed by atoms with van der Waals surface area (Å²) >= 11 is 0. The summed E-state index contributed by atoms with van der Waals surface area (Å²) in [6.07, 6.45) is 0. The topological polar surface area (TPSA) is 52.9 Å². The van der Waals surface area contributed by atoms with E-state index in [4.69, 9.17) is 5.26 Å². The zero-order chi connectivity index (χ0) is 13.9. The summed E-state index contributed by atoms with van der Waals surface area (Å²) in [5.41, 5.74) is 0.687. The SMILES string of the molecule is C[C@H](NS(=O)C(C)(C)C)c1ccc(C#N)c(F)c1. The molecule has 0 bridgehead atoms. The standard InChI is InChI=1S/C13H17FN2OS/c1-9(16-18(17)13(2,3)4)10-5-6-11(8-15)12(14)7-10/h5-7,9,16H,1-4H3/t9-,18?/m0/s1. The van der Waals surface area contributed by atoms with Gasteiger partial charge in [0.2, 0.25) is 0 Å². The van der Waals surface area contributed by atoms with Gasteiger partial charge in [-0.1, -0.05) is 6.07 Å². The van der Waals surface area contributed by atoms with Gasteiger partial charge >= 0.3 is 0 Å². The average molecular weight is 268 g/mol. The molecule has 0 spiro atoms. The molecule has 0 heterocycles. The maximum absolute atomic E-state index is 13.5. The van der Waals surface area contributed by atoms with Gasteiger partial charge in [-0.15, -0.1) is 0 Å². The minimum atomic E-state index is -1.22. The van der Waals surface area contributed by atoms with Gasteiger partial charge in [-0.05, 0) is 45.4 Å². The lowest BCUT2D eigenvalue weighted by Gasteiger charge is -2.22. The van der Waals surface area contributed by atoms with Crippen LogP contribution in [-0.2, 0) is 11.0 Å². The quantitative estimate of drug-likeness (QED) is 0.916. The Morgan fingerprint density at radius 2 is 2.06 bits per heavy atom.